The van der Waals surface area contributed by atoms with Gasteiger partial charge in [0.1, 0.15) is 0 Å². The zero-order valence-electron chi connectivity index (χ0n) is 10.6. The molecule has 0 unspecified atom stereocenters. The summed E-state index contributed by atoms with van der Waals surface area (Å²) in [6.45, 7) is 0. The summed E-state index contributed by atoms with van der Waals surface area (Å²) < 4.78 is 0. The highest BCUT2D eigenvalue weighted by Crippen LogP contribution is 2.28. The fourth-order valence-corrected chi connectivity index (χ4v) is 2.54. The summed E-state index contributed by atoms with van der Waals surface area (Å²) in [6, 6.07) is 13.8. The first-order chi connectivity index (χ1) is 9.26. The number of anilines is 3. The lowest BCUT2D eigenvalue weighted by Crippen LogP contribution is -1.97. The molecule has 1 aliphatic carbocycles. The van der Waals surface area contributed by atoms with E-state index in [0.717, 1.165) is 17.8 Å². The summed E-state index contributed by atoms with van der Waals surface area (Å²) in [5.74, 6) is 0. The second-order valence-corrected chi connectivity index (χ2v) is 4.88. The summed E-state index contributed by atoms with van der Waals surface area (Å²) in [5.41, 5.74) is 11.9. The topological polar surface area (TPSA) is 61.8 Å². The van der Waals surface area contributed by atoms with Gasteiger partial charge in [-0.1, -0.05) is 6.07 Å². The molecule has 0 aliphatic heterocycles. The summed E-state index contributed by atoms with van der Waals surface area (Å²) >= 11 is 0. The number of benzene rings is 2. The smallest absolute Gasteiger partial charge is 0.0992 e. The summed E-state index contributed by atoms with van der Waals surface area (Å²) in [5, 5.41) is 12.2. The lowest BCUT2D eigenvalue weighted by Gasteiger charge is -2.11. The lowest BCUT2D eigenvalue weighted by molar-refractivity contribution is 0.912. The molecule has 2 aromatic carbocycles. The van der Waals surface area contributed by atoms with Crippen LogP contribution in [0.5, 0.6) is 0 Å². The Balaban J connectivity index is 1.91. The van der Waals surface area contributed by atoms with E-state index >= 15 is 0 Å². The zero-order valence-corrected chi connectivity index (χ0v) is 10.6. The number of nitrogens with one attached hydrogen (secondary N) is 1. The Morgan fingerprint density at radius 1 is 1.05 bits per heavy atom. The van der Waals surface area contributed by atoms with E-state index in [9.17, 15) is 0 Å². The van der Waals surface area contributed by atoms with E-state index in [2.05, 4.69) is 29.6 Å². The van der Waals surface area contributed by atoms with Gasteiger partial charge < -0.3 is 11.1 Å². The average molecular weight is 249 g/mol. The molecular weight excluding hydrogens is 234 g/mol. The number of hydrogen-bond acceptors (Lipinski definition) is 3. The summed E-state index contributed by atoms with van der Waals surface area (Å²) in [6.07, 6.45) is 3.57. The Morgan fingerprint density at radius 3 is 2.74 bits per heavy atom. The molecule has 0 saturated heterocycles. The van der Waals surface area contributed by atoms with E-state index in [0.29, 0.717) is 11.3 Å². The van der Waals surface area contributed by atoms with Gasteiger partial charge in [-0.05, 0) is 60.7 Å². The van der Waals surface area contributed by atoms with Crippen molar-refractivity contribution in [3.05, 3.63) is 53.1 Å². The first kappa shape index (κ1) is 11.6. The number of fused-ring (bicyclic) bond motifs is 1. The number of aryl methyl sites for hydroxylation is 2. The standard InChI is InChI=1S/C16H15N3/c17-10-11-4-7-15(18)16(8-11)19-14-6-5-12-2-1-3-13(12)9-14/h4-9,19H,1-3,18H2. The van der Waals surface area contributed by atoms with Gasteiger partial charge >= 0.3 is 0 Å². The van der Waals surface area contributed by atoms with Crippen LogP contribution in [0.1, 0.15) is 23.1 Å². The predicted octanol–water partition coefficient (Wildman–Crippen LogP) is 3.37. The van der Waals surface area contributed by atoms with Gasteiger partial charge in [0, 0.05) is 5.69 Å². The number of hydrogen-bond donors (Lipinski definition) is 2. The predicted molar refractivity (Wildman–Crippen MR) is 77.3 cm³/mol. The van der Waals surface area contributed by atoms with E-state index in [1.165, 1.54) is 24.0 Å². The van der Waals surface area contributed by atoms with Crippen LogP contribution in [0, 0.1) is 11.3 Å². The minimum Gasteiger partial charge on any atom is -0.397 e. The molecule has 0 saturated carbocycles. The molecule has 0 atom stereocenters. The van der Waals surface area contributed by atoms with Crippen molar-refractivity contribution < 1.29 is 0 Å². The maximum atomic E-state index is 8.93. The Labute approximate surface area is 112 Å². The molecule has 94 valence electrons. The molecule has 2 aromatic rings. The highest BCUT2D eigenvalue weighted by atomic mass is 14.9. The monoisotopic (exact) mass is 249 g/mol. The quantitative estimate of drug-likeness (QED) is 0.802. The van der Waals surface area contributed by atoms with Crippen LogP contribution in [0.25, 0.3) is 0 Å². The molecule has 0 fully saturated rings. The molecule has 1 aliphatic rings. The third-order valence-electron chi connectivity index (χ3n) is 3.56. The van der Waals surface area contributed by atoms with Crippen LogP contribution in [0.3, 0.4) is 0 Å². The van der Waals surface area contributed by atoms with Crippen LogP contribution in [-0.4, -0.2) is 0 Å². The van der Waals surface area contributed by atoms with Gasteiger partial charge in [-0.2, -0.15) is 5.26 Å². The fraction of sp³-hybridized carbons (Fsp3) is 0.188. The zero-order chi connectivity index (χ0) is 13.2. The lowest BCUT2D eigenvalue weighted by atomic mass is 10.1. The number of nitrogen functional groups attached to an aromatic ring is 1. The van der Waals surface area contributed by atoms with Gasteiger partial charge in [0.15, 0.2) is 0 Å². The molecule has 19 heavy (non-hydrogen) atoms. The second-order valence-electron chi connectivity index (χ2n) is 4.88. The Bertz CT molecular complexity index is 668. The molecule has 0 aromatic heterocycles. The normalized spacial score (nSPS) is 12.8. The molecule has 3 N–H and O–H groups in total. The van der Waals surface area contributed by atoms with E-state index in [1.807, 2.05) is 0 Å². The minimum atomic E-state index is 0.609. The van der Waals surface area contributed by atoms with Crippen LogP contribution >= 0.6 is 0 Å². The number of nitrogens with two attached hydrogens (primary N) is 1. The van der Waals surface area contributed by atoms with Crippen molar-refractivity contribution in [1.29, 1.82) is 5.26 Å². The van der Waals surface area contributed by atoms with Gasteiger partial charge in [-0.15, -0.1) is 0 Å². The minimum absolute atomic E-state index is 0.609. The van der Waals surface area contributed by atoms with Crippen LogP contribution < -0.4 is 11.1 Å². The van der Waals surface area contributed by atoms with Crippen LogP contribution in [-0.2, 0) is 12.8 Å². The molecule has 0 bridgehead atoms. The van der Waals surface area contributed by atoms with E-state index < -0.39 is 0 Å². The van der Waals surface area contributed by atoms with Crippen molar-refractivity contribution in [2.45, 2.75) is 19.3 Å². The maximum Gasteiger partial charge on any atom is 0.0992 e. The third kappa shape index (κ3) is 2.25. The molecule has 3 nitrogen and oxygen atoms in total. The largest absolute Gasteiger partial charge is 0.397 e. The molecule has 0 amide bonds. The molecule has 3 heteroatoms. The van der Waals surface area contributed by atoms with Crippen molar-refractivity contribution >= 4 is 17.1 Å². The molecule has 0 radical (unpaired) electrons. The molecule has 3 rings (SSSR count). The second kappa shape index (κ2) is 4.66. The van der Waals surface area contributed by atoms with Gasteiger partial charge in [0.2, 0.25) is 0 Å². The van der Waals surface area contributed by atoms with E-state index in [4.69, 9.17) is 11.0 Å². The first-order valence-corrected chi connectivity index (χ1v) is 6.45. The van der Waals surface area contributed by atoms with Gasteiger partial charge in [-0.25, -0.2) is 0 Å². The Hall–Kier alpha value is -2.47. The average Bonchev–Trinajstić information content (AvgIpc) is 2.89. The molecule has 0 spiro atoms. The van der Waals surface area contributed by atoms with E-state index in [1.54, 1.807) is 18.2 Å². The number of nitriles is 1. The molecule has 0 heterocycles. The number of nitrogens with zero attached hydrogens (tertiary/aromatic N) is 1. The van der Waals surface area contributed by atoms with Gasteiger partial charge in [0.05, 0.1) is 23.0 Å². The van der Waals surface area contributed by atoms with Crippen LogP contribution in [0.15, 0.2) is 36.4 Å². The summed E-state index contributed by atoms with van der Waals surface area (Å²) in [7, 11) is 0. The van der Waals surface area contributed by atoms with Crippen LogP contribution in [0.4, 0.5) is 17.1 Å². The van der Waals surface area contributed by atoms with Gasteiger partial charge in [-0.3, -0.25) is 0 Å². The van der Waals surface area contributed by atoms with Crippen molar-refractivity contribution in [2.24, 2.45) is 0 Å². The van der Waals surface area contributed by atoms with Crippen molar-refractivity contribution in [3.8, 4) is 6.07 Å². The highest BCUT2D eigenvalue weighted by molar-refractivity contribution is 5.74. The maximum absolute atomic E-state index is 8.93. The van der Waals surface area contributed by atoms with Gasteiger partial charge in [0.25, 0.3) is 0 Å². The Morgan fingerprint density at radius 2 is 1.89 bits per heavy atom. The first-order valence-electron chi connectivity index (χ1n) is 6.45. The SMILES string of the molecule is N#Cc1ccc(N)c(Nc2ccc3c(c2)CCC3)c1. The van der Waals surface area contributed by atoms with Crippen molar-refractivity contribution in [3.63, 3.8) is 0 Å². The molecular formula is C16H15N3. The van der Waals surface area contributed by atoms with Crippen LogP contribution in [0.2, 0.25) is 0 Å². The highest BCUT2D eigenvalue weighted by Gasteiger charge is 2.11. The van der Waals surface area contributed by atoms with Crippen molar-refractivity contribution in [2.75, 3.05) is 11.1 Å². The fourth-order valence-electron chi connectivity index (χ4n) is 2.54. The Kier molecular flexibility index (Phi) is 2.85. The number of rotatable bonds is 2. The van der Waals surface area contributed by atoms with Crippen molar-refractivity contribution in [1.82, 2.24) is 0 Å². The third-order valence-corrected chi connectivity index (χ3v) is 3.56. The van der Waals surface area contributed by atoms with E-state index in [-0.39, 0.29) is 0 Å². The summed E-state index contributed by atoms with van der Waals surface area (Å²) in [4.78, 5) is 0.